The van der Waals surface area contributed by atoms with Gasteiger partial charge in [-0.25, -0.2) is 0 Å². The first-order valence-electron chi connectivity index (χ1n) is 6.21. The van der Waals surface area contributed by atoms with Crippen LogP contribution in [-0.4, -0.2) is 25.8 Å². The lowest BCUT2D eigenvalue weighted by Crippen LogP contribution is -2.31. The molecule has 1 atom stereocenters. The molecular weight excluding hydrogens is 257 g/mol. The number of rotatable bonds is 1. The highest BCUT2D eigenvalue weighted by atomic mass is 19.4. The van der Waals surface area contributed by atoms with Crippen molar-refractivity contribution in [3.63, 3.8) is 0 Å². The van der Waals surface area contributed by atoms with Crippen molar-refractivity contribution < 1.29 is 17.9 Å². The molecule has 19 heavy (non-hydrogen) atoms. The molecule has 1 aromatic carbocycles. The summed E-state index contributed by atoms with van der Waals surface area (Å²) in [6.45, 7) is 3.45. The van der Waals surface area contributed by atoms with Gasteiger partial charge in [-0.2, -0.15) is 13.2 Å². The molecule has 0 aromatic heterocycles. The van der Waals surface area contributed by atoms with Crippen molar-refractivity contribution in [2.24, 2.45) is 0 Å². The number of benzene rings is 1. The highest BCUT2D eigenvalue weighted by Crippen LogP contribution is 2.38. The Morgan fingerprint density at radius 2 is 2.11 bits per heavy atom. The third-order valence-electron chi connectivity index (χ3n) is 3.12. The molecular formula is C13H17F3N2O. The van der Waals surface area contributed by atoms with E-state index >= 15 is 0 Å². The van der Waals surface area contributed by atoms with Crippen LogP contribution in [0.2, 0.25) is 0 Å². The van der Waals surface area contributed by atoms with Crippen LogP contribution >= 0.6 is 0 Å². The molecule has 1 heterocycles. The lowest BCUT2D eigenvalue weighted by molar-refractivity contribution is -0.137. The SMILES string of the molecule is CC1CN(c2ccc(N)cc2C(F)(F)F)CCCO1. The van der Waals surface area contributed by atoms with Crippen LogP contribution in [0.3, 0.4) is 0 Å². The molecule has 0 saturated carbocycles. The van der Waals surface area contributed by atoms with Crippen molar-refractivity contribution in [3.8, 4) is 0 Å². The number of hydrogen-bond acceptors (Lipinski definition) is 3. The number of nitrogen functional groups attached to an aromatic ring is 1. The molecule has 0 amide bonds. The first kappa shape index (κ1) is 14.0. The highest BCUT2D eigenvalue weighted by Gasteiger charge is 2.35. The number of hydrogen-bond donors (Lipinski definition) is 1. The lowest BCUT2D eigenvalue weighted by Gasteiger charge is -2.27. The van der Waals surface area contributed by atoms with Gasteiger partial charge in [-0.1, -0.05) is 0 Å². The summed E-state index contributed by atoms with van der Waals surface area (Å²) < 4.78 is 44.7. The molecule has 0 spiro atoms. The fraction of sp³-hybridized carbons (Fsp3) is 0.538. The number of nitrogens with zero attached hydrogens (tertiary/aromatic N) is 1. The standard InChI is InChI=1S/C13H17F3N2O/c1-9-8-18(5-2-6-19-9)12-4-3-10(17)7-11(12)13(14,15)16/h3-4,7,9H,2,5-6,8,17H2,1H3. The van der Waals surface area contributed by atoms with Gasteiger partial charge in [0.2, 0.25) is 0 Å². The summed E-state index contributed by atoms with van der Waals surface area (Å²) in [7, 11) is 0. The second-order valence-corrected chi connectivity index (χ2v) is 4.76. The molecule has 2 rings (SSSR count). The van der Waals surface area contributed by atoms with Crippen molar-refractivity contribution in [2.45, 2.75) is 25.6 Å². The van der Waals surface area contributed by atoms with Gasteiger partial charge in [-0.3, -0.25) is 0 Å². The molecule has 6 heteroatoms. The Bertz CT molecular complexity index is 448. The van der Waals surface area contributed by atoms with Gasteiger partial charge in [0.1, 0.15) is 0 Å². The van der Waals surface area contributed by atoms with Crippen molar-refractivity contribution in [1.82, 2.24) is 0 Å². The van der Waals surface area contributed by atoms with E-state index < -0.39 is 11.7 Å². The average molecular weight is 274 g/mol. The fourth-order valence-corrected chi connectivity index (χ4v) is 2.27. The Balaban J connectivity index is 2.37. The van der Waals surface area contributed by atoms with Crippen LogP contribution in [0.5, 0.6) is 0 Å². The van der Waals surface area contributed by atoms with Crippen LogP contribution in [0.4, 0.5) is 24.5 Å². The van der Waals surface area contributed by atoms with E-state index in [1.807, 2.05) is 6.92 Å². The minimum absolute atomic E-state index is 0.0823. The summed E-state index contributed by atoms with van der Waals surface area (Å²) in [6, 6.07) is 3.93. The summed E-state index contributed by atoms with van der Waals surface area (Å²) in [5, 5.41) is 0. The van der Waals surface area contributed by atoms with Gasteiger partial charge in [0.15, 0.2) is 0 Å². The fourth-order valence-electron chi connectivity index (χ4n) is 2.27. The van der Waals surface area contributed by atoms with Crippen molar-refractivity contribution in [1.29, 1.82) is 0 Å². The molecule has 0 bridgehead atoms. The molecule has 1 saturated heterocycles. The van der Waals surface area contributed by atoms with Gasteiger partial charge in [0.25, 0.3) is 0 Å². The molecule has 1 aliphatic rings. The third kappa shape index (κ3) is 3.32. The number of halogens is 3. The van der Waals surface area contributed by atoms with Crippen LogP contribution in [0.1, 0.15) is 18.9 Å². The molecule has 0 aliphatic carbocycles. The number of alkyl halides is 3. The summed E-state index contributed by atoms with van der Waals surface area (Å²) in [6.07, 6.45) is -3.77. The predicted octanol–water partition coefficient (Wildman–Crippen LogP) is 2.90. The first-order chi connectivity index (χ1) is 8.88. The summed E-state index contributed by atoms with van der Waals surface area (Å²) in [5.41, 5.74) is 5.09. The molecule has 106 valence electrons. The topological polar surface area (TPSA) is 38.5 Å². The zero-order chi connectivity index (χ0) is 14.0. The van der Waals surface area contributed by atoms with E-state index in [0.717, 1.165) is 6.07 Å². The zero-order valence-electron chi connectivity index (χ0n) is 10.7. The van der Waals surface area contributed by atoms with Crippen LogP contribution in [0, 0.1) is 0 Å². The second kappa shape index (κ2) is 5.28. The van der Waals surface area contributed by atoms with Gasteiger partial charge >= 0.3 is 6.18 Å². The maximum Gasteiger partial charge on any atom is 0.418 e. The first-order valence-corrected chi connectivity index (χ1v) is 6.21. The van der Waals surface area contributed by atoms with E-state index in [-0.39, 0.29) is 17.5 Å². The number of anilines is 2. The quantitative estimate of drug-likeness (QED) is 0.800. The van der Waals surface area contributed by atoms with E-state index in [4.69, 9.17) is 10.5 Å². The van der Waals surface area contributed by atoms with Crippen molar-refractivity contribution in [3.05, 3.63) is 23.8 Å². The molecule has 3 nitrogen and oxygen atoms in total. The van der Waals surface area contributed by atoms with Crippen LogP contribution in [-0.2, 0) is 10.9 Å². The second-order valence-electron chi connectivity index (χ2n) is 4.76. The third-order valence-corrected chi connectivity index (χ3v) is 3.12. The molecule has 1 aliphatic heterocycles. The molecule has 1 unspecified atom stereocenters. The summed E-state index contributed by atoms with van der Waals surface area (Å²) in [5.74, 6) is 0. The summed E-state index contributed by atoms with van der Waals surface area (Å²) >= 11 is 0. The van der Waals surface area contributed by atoms with Crippen LogP contribution in [0.25, 0.3) is 0 Å². The van der Waals surface area contributed by atoms with Gasteiger partial charge in [-0.15, -0.1) is 0 Å². The van der Waals surface area contributed by atoms with Gasteiger partial charge in [-0.05, 0) is 31.5 Å². The monoisotopic (exact) mass is 274 g/mol. The Labute approximate surface area is 110 Å². The van der Waals surface area contributed by atoms with E-state index in [1.54, 1.807) is 4.90 Å². The highest BCUT2D eigenvalue weighted by molar-refractivity contribution is 5.61. The molecule has 0 radical (unpaired) electrons. The predicted molar refractivity (Wildman–Crippen MR) is 68.1 cm³/mol. The Hall–Kier alpha value is -1.43. The van der Waals surface area contributed by atoms with E-state index in [9.17, 15) is 13.2 Å². The summed E-state index contributed by atoms with van der Waals surface area (Å²) in [4.78, 5) is 1.72. The maximum absolute atomic E-state index is 13.1. The molecule has 1 fully saturated rings. The Kier molecular flexibility index (Phi) is 3.89. The lowest BCUT2D eigenvalue weighted by atomic mass is 10.1. The molecule has 1 aromatic rings. The number of nitrogens with two attached hydrogens (primary N) is 1. The average Bonchev–Trinajstić information content (AvgIpc) is 2.52. The van der Waals surface area contributed by atoms with Crippen LogP contribution in [0.15, 0.2) is 18.2 Å². The minimum atomic E-state index is -4.40. The Morgan fingerprint density at radius 1 is 1.37 bits per heavy atom. The minimum Gasteiger partial charge on any atom is -0.399 e. The normalized spacial score (nSPS) is 21.3. The van der Waals surface area contributed by atoms with Crippen molar-refractivity contribution >= 4 is 11.4 Å². The molecule has 2 N–H and O–H groups in total. The van der Waals surface area contributed by atoms with Gasteiger partial charge < -0.3 is 15.4 Å². The van der Waals surface area contributed by atoms with Crippen LogP contribution < -0.4 is 10.6 Å². The Morgan fingerprint density at radius 3 is 2.79 bits per heavy atom. The van der Waals surface area contributed by atoms with Gasteiger partial charge in [0, 0.05) is 31.1 Å². The zero-order valence-corrected chi connectivity index (χ0v) is 10.7. The van der Waals surface area contributed by atoms with Gasteiger partial charge in [0.05, 0.1) is 11.7 Å². The van der Waals surface area contributed by atoms with E-state index in [2.05, 4.69) is 0 Å². The largest absolute Gasteiger partial charge is 0.418 e. The van der Waals surface area contributed by atoms with Crippen molar-refractivity contribution in [2.75, 3.05) is 30.3 Å². The number of ether oxygens (including phenoxy) is 1. The van der Waals surface area contributed by atoms with E-state index in [1.165, 1.54) is 12.1 Å². The maximum atomic E-state index is 13.1. The smallest absolute Gasteiger partial charge is 0.399 e. The van der Waals surface area contributed by atoms with E-state index in [0.29, 0.717) is 26.1 Å².